The van der Waals surface area contributed by atoms with Gasteiger partial charge in [0.25, 0.3) is 5.91 Å². The third kappa shape index (κ3) is 4.48. The molecule has 1 aliphatic carbocycles. The van der Waals surface area contributed by atoms with Crippen LogP contribution < -0.4 is 25.6 Å². The molecule has 38 heavy (non-hydrogen) atoms. The number of carbonyl (C=O) groups is 2. The number of pyridine rings is 1. The fraction of sp³-hybridized carbons (Fsp3) is 0.276. The van der Waals surface area contributed by atoms with E-state index in [0.29, 0.717) is 32.9 Å². The molecule has 1 fully saturated rings. The summed E-state index contributed by atoms with van der Waals surface area (Å²) < 4.78 is 5.97. The summed E-state index contributed by atoms with van der Waals surface area (Å²) in [5.41, 5.74) is 2.86. The first-order valence-electron chi connectivity index (χ1n) is 12.9. The Morgan fingerprint density at radius 3 is 2.68 bits per heavy atom. The van der Waals surface area contributed by atoms with Gasteiger partial charge < -0.3 is 20.7 Å². The van der Waals surface area contributed by atoms with Crippen LogP contribution in [0.1, 0.15) is 40.9 Å². The average Bonchev–Trinajstić information content (AvgIpc) is 3.30. The number of benzene rings is 2. The molecule has 0 radical (unpaired) electrons. The molecular weight excluding hydrogens is 498 g/mol. The molecule has 8 nitrogen and oxygen atoms in total. The second kappa shape index (κ2) is 10.1. The predicted octanol–water partition coefficient (Wildman–Crippen LogP) is 6.34. The number of amides is 3. The van der Waals surface area contributed by atoms with Gasteiger partial charge in [-0.2, -0.15) is 0 Å². The molecule has 0 spiro atoms. The number of hydrogen-bond donors (Lipinski definition) is 3. The number of nitrogens with zero attached hydrogens (tertiary/aromatic N) is 2. The Labute approximate surface area is 225 Å². The second-order valence-corrected chi connectivity index (χ2v) is 10.8. The smallest absolute Gasteiger partial charge is 0.331 e. The maximum Gasteiger partial charge on any atom is 0.331 e. The zero-order valence-electron chi connectivity index (χ0n) is 21.3. The van der Waals surface area contributed by atoms with Crippen LogP contribution in [0.25, 0.3) is 10.2 Å². The Hall–Kier alpha value is -3.95. The van der Waals surface area contributed by atoms with E-state index in [1.807, 2.05) is 68.6 Å². The number of ether oxygens (including phenoxy) is 1. The zero-order chi connectivity index (χ0) is 26.2. The average molecular weight is 528 g/mol. The number of para-hydroxylation sites is 1. The lowest BCUT2D eigenvalue weighted by Gasteiger charge is -2.30. The Morgan fingerprint density at radius 1 is 1.08 bits per heavy atom. The summed E-state index contributed by atoms with van der Waals surface area (Å²) >= 11 is 1.31. The van der Waals surface area contributed by atoms with Crippen molar-refractivity contribution in [2.75, 3.05) is 17.3 Å². The van der Waals surface area contributed by atoms with E-state index in [1.54, 1.807) is 11.1 Å². The van der Waals surface area contributed by atoms with Gasteiger partial charge in [0.2, 0.25) is 0 Å². The van der Waals surface area contributed by atoms with Crippen LogP contribution >= 0.6 is 11.3 Å². The number of aromatic nitrogens is 1. The fourth-order valence-electron chi connectivity index (χ4n) is 5.38. The lowest BCUT2D eigenvalue weighted by molar-refractivity contribution is 0.0928. The van der Waals surface area contributed by atoms with E-state index < -0.39 is 0 Å². The molecule has 2 aromatic carbocycles. The number of aryl methyl sites for hydroxylation is 1. The molecule has 0 saturated heterocycles. The van der Waals surface area contributed by atoms with Crippen molar-refractivity contribution in [1.82, 2.24) is 15.6 Å². The highest BCUT2D eigenvalue weighted by Gasteiger charge is 2.34. The van der Waals surface area contributed by atoms with E-state index in [2.05, 4.69) is 20.9 Å². The summed E-state index contributed by atoms with van der Waals surface area (Å²) in [6.45, 7) is 1.95. The van der Waals surface area contributed by atoms with Crippen LogP contribution in [-0.4, -0.2) is 36.1 Å². The minimum atomic E-state index is -0.315. The highest BCUT2D eigenvalue weighted by atomic mass is 32.1. The molecule has 1 unspecified atom stereocenters. The van der Waals surface area contributed by atoms with Gasteiger partial charge in [-0.25, -0.2) is 9.78 Å². The van der Waals surface area contributed by atoms with Crippen LogP contribution in [0, 0.1) is 6.92 Å². The summed E-state index contributed by atoms with van der Waals surface area (Å²) in [7, 11) is 1.96. The van der Waals surface area contributed by atoms with Gasteiger partial charge in [0.1, 0.15) is 21.2 Å². The highest BCUT2D eigenvalue weighted by molar-refractivity contribution is 7.21. The number of thiophene rings is 1. The van der Waals surface area contributed by atoms with Gasteiger partial charge in [0.15, 0.2) is 0 Å². The Morgan fingerprint density at radius 2 is 1.89 bits per heavy atom. The Bertz CT molecular complexity index is 1520. The molecule has 6 rings (SSSR count). The van der Waals surface area contributed by atoms with Crippen molar-refractivity contribution in [3.63, 3.8) is 0 Å². The molecule has 4 aromatic rings. The fourth-order valence-corrected chi connectivity index (χ4v) is 6.41. The Balaban J connectivity index is 1.31. The van der Waals surface area contributed by atoms with Crippen molar-refractivity contribution in [1.29, 1.82) is 0 Å². The molecule has 3 N–H and O–H groups in total. The van der Waals surface area contributed by atoms with Gasteiger partial charge in [0, 0.05) is 18.3 Å². The van der Waals surface area contributed by atoms with Crippen LogP contribution in [-0.2, 0) is 0 Å². The first-order chi connectivity index (χ1) is 18.5. The molecule has 1 saturated carbocycles. The zero-order valence-corrected chi connectivity index (χ0v) is 22.1. The summed E-state index contributed by atoms with van der Waals surface area (Å²) in [5, 5.41) is 10.3. The molecule has 2 atom stereocenters. The van der Waals surface area contributed by atoms with Crippen molar-refractivity contribution in [2.24, 2.45) is 0 Å². The molecule has 1 aliphatic heterocycles. The van der Waals surface area contributed by atoms with Crippen molar-refractivity contribution >= 4 is 50.6 Å². The van der Waals surface area contributed by atoms with Gasteiger partial charge in [0.05, 0.1) is 22.4 Å². The monoisotopic (exact) mass is 527 g/mol. The summed E-state index contributed by atoms with van der Waals surface area (Å²) in [6.07, 6.45) is 5.73. The largest absolute Gasteiger partial charge is 0.457 e. The minimum Gasteiger partial charge on any atom is -0.457 e. The lowest BCUT2D eigenvalue weighted by atomic mass is 9.91. The number of rotatable bonds is 6. The first-order valence-corrected chi connectivity index (χ1v) is 13.7. The van der Waals surface area contributed by atoms with Crippen LogP contribution in [0.3, 0.4) is 0 Å². The van der Waals surface area contributed by atoms with Crippen LogP contribution in [0.15, 0.2) is 60.8 Å². The molecule has 194 valence electrons. The van der Waals surface area contributed by atoms with E-state index in [0.717, 1.165) is 48.1 Å². The minimum absolute atomic E-state index is 0.105. The van der Waals surface area contributed by atoms with E-state index >= 15 is 0 Å². The number of anilines is 3. The topological polar surface area (TPSA) is 95.6 Å². The SMILES string of the molecule is CN[C@H]1CCCC(NC(=O)c2sc3nccc4c3c2NC(=O)N4c2ccc(Oc3ccccc3)cc2C)C1. The van der Waals surface area contributed by atoms with Crippen molar-refractivity contribution in [2.45, 2.75) is 44.7 Å². The molecule has 3 amide bonds. The molecular formula is C29H29N5O3S. The molecule has 2 aliphatic rings. The van der Waals surface area contributed by atoms with Crippen LogP contribution in [0.2, 0.25) is 0 Å². The van der Waals surface area contributed by atoms with E-state index in [-0.39, 0.29) is 18.0 Å². The molecule has 9 heteroatoms. The van der Waals surface area contributed by atoms with E-state index in [1.165, 1.54) is 11.3 Å². The van der Waals surface area contributed by atoms with Crippen molar-refractivity contribution < 1.29 is 14.3 Å². The van der Waals surface area contributed by atoms with Crippen molar-refractivity contribution in [3.8, 4) is 11.5 Å². The standard InChI is InChI=1S/C29H29N5O3S/c1-17-15-21(37-20-9-4-3-5-10-20)11-12-22(17)34-23-13-14-31-28-24(23)25(33-29(34)36)26(38-28)27(35)32-19-8-6-7-18(16-19)30-2/h3-5,9-15,18-19,30H,6-8,16H2,1-2H3,(H,32,35)(H,33,36)/t18-,19?/m0/s1. The molecule has 0 bridgehead atoms. The third-order valence-corrected chi connectivity index (χ3v) is 8.35. The summed E-state index contributed by atoms with van der Waals surface area (Å²) in [6, 6.07) is 17.2. The normalized spacial score (nSPS) is 18.8. The maximum atomic E-state index is 13.5. The predicted molar refractivity (Wildman–Crippen MR) is 151 cm³/mol. The summed E-state index contributed by atoms with van der Waals surface area (Å²) in [4.78, 5) is 34.2. The van der Waals surface area contributed by atoms with E-state index in [4.69, 9.17) is 4.74 Å². The van der Waals surface area contributed by atoms with Crippen LogP contribution in [0.5, 0.6) is 11.5 Å². The number of nitrogens with one attached hydrogen (secondary N) is 3. The van der Waals surface area contributed by atoms with Gasteiger partial charge in [-0.15, -0.1) is 11.3 Å². The third-order valence-electron chi connectivity index (χ3n) is 7.26. The second-order valence-electron chi connectivity index (χ2n) is 9.77. The number of carbonyl (C=O) groups excluding carboxylic acids is 2. The van der Waals surface area contributed by atoms with Crippen LogP contribution in [0.4, 0.5) is 21.9 Å². The van der Waals surface area contributed by atoms with E-state index in [9.17, 15) is 9.59 Å². The maximum absolute atomic E-state index is 13.5. The summed E-state index contributed by atoms with van der Waals surface area (Å²) in [5.74, 6) is 1.27. The Kier molecular flexibility index (Phi) is 6.47. The molecule has 3 heterocycles. The van der Waals surface area contributed by atoms with Gasteiger partial charge in [-0.05, 0) is 81.6 Å². The van der Waals surface area contributed by atoms with Gasteiger partial charge in [-0.3, -0.25) is 9.69 Å². The number of urea groups is 1. The molecule has 2 aromatic heterocycles. The van der Waals surface area contributed by atoms with Gasteiger partial charge in [-0.1, -0.05) is 18.2 Å². The quantitative estimate of drug-likeness (QED) is 0.272. The lowest BCUT2D eigenvalue weighted by Crippen LogP contribution is -2.43. The number of hydrogen-bond acceptors (Lipinski definition) is 6. The first kappa shape index (κ1) is 24.4. The van der Waals surface area contributed by atoms with Crippen molar-refractivity contribution in [3.05, 3.63) is 71.2 Å². The highest BCUT2D eigenvalue weighted by Crippen LogP contribution is 2.46. The van der Waals surface area contributed by atoms with Gasteiger partial charge >= 0.3 is 6.03 Å².